The number of nitriles is 1. The minimum Gasteiger partial charge on any atom is -0.326 e. The van der Waals surface area contributed by atoms with Crippen molar-refractivity contribution >= 4 is 5.91 Å². The zero-order valence-corrected chi connectivity index (χ0v) is 14.4. The molecule has 2 aromatic rings. The third-order valence-corrected chi connectivity index (χ3v) is 4.21. The monoisotopic (exact) mass is 321 g/mol. The first kappa shape index (κ1) is 17.7. The van der Waals surface area contributed by atoms with Crippen molar-refractivity contribution in [1.82, 2.24) is 10.2 Å². The third kappa shape index (κ3) is 4.21. The van der Waals surface area contributed by atoms with E-state index in [0.717, 1.165) is 11.1 Å². The first-order valence-electron chi connectivity index (χ1n) is 7.97. The van der Waals surface area contributed by atoms with Gasteiger partial charge < -0.3 is 4.90 Å². The topological polar surface area (TPSA) is 56.1 Å². The number of rotatable bonds is 6. The van der Waals surface area contributed by atoms with Crippen molar-refractivity contribution in [2.45, 2.75) is 25.4 Å². The minimum absolute atomic E-state index is 0.0741. The van der Waals surface area contributed by atoms with Crippen LogP contribution in [-0.2, 0) is 4.79 Å². The maximum absolute atomic E-state index is 12.4. The van der Waals surface area contributed by atoms with Crippen molar-refractivity contribution in [3.05, 3.63) is 71.8 Å². The van der Waals surface area contributed by atoms with E-state index in [1.165, 1.54) is 4.90 Å². The molecule has 4 heteroatoms. The fourth-order valence-corrected chi connectivity index (χ4v) is 2.41. The van der Waals surface area contributed by atoms with E-state index >= 15 is 0 Å². The van der Waals surface area contributed by atoms with Crippen LogP contribution in [0.1, 0.15) is 31.0 Å². The van der Waals surface area contributed by atoms with E-state index in [9.17, 15) is 10.1 Å². The summed E-state index contributed by atoms with van der Waals surface area (Å²) in [6.07, 6.45) is 0. The van der Waals surface area contributed by atoms with Gasteiger partial charge in [0, 0.05) is 7.05 Å². The van der Waals surface area contributed by atoms with Gasteiger partial charge in [0.15, 0.2) is 0 Å². The van der Waals surface area contributed by atoms with E-state index in [0.29, 0.717) is 0 Å². The SMILES string of the molecule is CN(C(=O)CNC(c1ccccc1)c1ccccc1)C(C)(C)C#N. The lowest BCUT2D eigenvalue weighted by molar-refractivity contribution is -0.132. The van der Waals surface area contributed by atoms with Gasteiger partial charge in [0.2, 0.25) is 5.91 Å². The first-order chi connectivity index (χ1) is 11.5. The molecule has 4 nitrogen and oxygen atoms in total. The van der Waals surface area contributed by atoms with Crippen molar-refractivity contribution in [1.29, 1.82) is 5.26 Å². The minimum atomic E-state index is -0.826. The van der Waals surface area contributed by atoms with Gasteiger partial charge in [-0.05, 0) is 25.0 Å². The molecule has 0 aliphatic heterocycles. The Morgan fingerprint density at radius 3 is 1.96 bits per heavy atom. The molecule has 0 aliphatic rings. The standard InChI is InChI=1S/C20H23N3O/c1-20(2,15-21)23(3)18(24)14-22-19(16-10-6-4-7-11-16)17-12-8-5-9-13-17/h4-13,19,22H,14H2,1-3H3. The molecule has 0 fully saturated rings. The lowest BCUT2D eigenvalue weighted by Crippen LogP contribution is -2.47. The number of carbonyl (C=O) groups is 1. The van der Waals surface area contributed by atoms with Crippen LogP contribution in [0.25, 0.3) is 0 Å². The molecule has 0 radical (unpaired) electrons. The largest absolute Gasteiger partial charge is 0.326 e. The maximum atomic E-state index is 12.4. The molecule has 0 saturated heterocycles. The summed E-state index contributed by atoms with van der Waals surface area (Å²) in [5.74, 6) is -0.113. The van der Waals surface area contributed by atoms with E-state index in [4.69, 9.17) is 0 Å². The number of hydrogen-bond acceptors (Lipinski definition) is 3. The van der Waals surface area contributed by atoms with E-state index in [2.05, 4.69) is 11.4 Å². The number of nitrogens with one attached hydrogen (secondary N) is 1. The highest BCUT2D eigenvalue weighted by atomic mass is 16.2. The number of benzene rings is 2. The molecule has 0 bridgehead atoms. The highest BCUT2D eigenvalue weighted by Gasteiger charge is 2.27. The Bertz CT molecular complexity index is 665. The maximum Gasteiger partial charge on any atom is 0.237 e. The molecule has 0 aromatic heterocycles. The Hall–Kier alpha value is -2.64. The molecule has 24 heavy (non-hydrogen) atoms. The molecular formula is C20H23N3O. The molecule has 0 spiro atoms. The highest BCUT2D eigenvalue weighted by Crippen LogP contribution is 2.21. The van der Waals surface area contributed by atoms with Crippen LogP contribution < -0.4 is 5.32 Å². The molecule has 1 N–H and O–H groups in total. The number of nitrogens with zero attached hydrogens (tertiary/aromatic N) is 2. The van der Waals surface area contributed by atoms with Crippen molar-refractivity contribution in [3.8, 4) is 6.07 Å². The Morgan fingerprint density at radius 1 is 1.08 bits per heavy atom. The summed E-state index contributed by atoms with van der Waals surface area (Å²) < 4.78 is 0. The molecule has 0 aliphatic carbocycles. The number of likely N-dealkylation sites (N-methyl/N-ethyl adjacent to an activating group) is 1. The lowest BCUT2D eigenvalue weighted by Gasteiger charge is -2.30. The molecule has 0 heterocycles. The van der Waals surface area contributed by atoms with Crippen molar-refractivity contribution in [2.75, 3.05) is 13.6 Å². The van der Waals surface area contributed by atoms with Crippen LogP contribution in [0.4, 0.5) is 0 Å². The zero-order chi connectivity index (χ0) is 17.6. The fourth-order valence-electron chi connectivity index (χ4n) is 2.41. The van der Waals surface area contributed by atoms with Crippen LogP contribution in [0.15, 0.2) is 60.7 Å². The Kier molecular flexibility index (Phi) is 5.73. The summed E-state index contributed by atoms with van der Waals surface area (Å²) >= 11 is 0. The summed E-state index contributed by atoms with van der Waals surface area (Å²) in [7, 11) is 1.66. The molecule has 0 atom stereocenters. The van der Waals surface area contributed by atoms with Gasteiger partial charge in [-0.15, -0.1) is 0 Å². The Labute approximate surface area is 143 Å². The van der Waals surface area contributed by atoms with Gasteiger partial charge in [-0.3, -0.25) is 10.1 Å². The van der Waals surface area contributed by atoms with Crippen LogP contribution in [-0.4, -0.2) is 29.9 Å². The van der Waals surface area contributed by atoms with Crippen LogP contribution in [0.2, 0.25) is 0 Å². The number of amides is 1. The van der Waals surface area contributed by atoms with Crippen LogP contribution in [0.3, 0.4) is 0 Å². The van der Waals surface area contributed by atoms with Crippen LogP contribution in [0.5, 0.6) is 0 Å². The van der Waals surface area contributed by atoms with E-state index in [-0.39, 0.29) is 18.5 Å². The summed E-state index contributed by atoms with van der Waals surface area (Å²) in [5, 5.41) is 12.5. The van der Waals surface area contributed by atoms with Crippen molar-refractivity contribution in [3.63, 3.8) is 0 Å². The lowest BCUT2D eigenvalue weighted by atomic mass is 9.98. The van der Waals surface area contributed by atoms with Gasteiger partial charge in [0.05, 0.1) is 18.7 Å². The van der Waals surface area contributed by atoms with Crippen molar-refractivity contribution in [2.24, 2.45) is 0 Å². The molecule has 124 valence electrons. The summed E-state index contributed by atoms with van der Waals surface area (Å²) in [6, 6.07) is 22.1. The first-order valence-corrected chi connectivity index (χ1v) is 7.97. The second-order valence-corrected chi connectivity index (χ2v) is 6.26. The molecule has 0 unspecified atom stereocenters. The molecule has 2 rings (SSSR count). The van der Waals surface area contributed by atoms with Crippen LogP contribution >= 0.6 is 0 Å². The Balaban J connectivity index is 2.16. The number of hydrogen-bond donors (Lipinski definition) is 1. The van der Waals surface area contributed by atoms with E-state index < -0.39 is 5.54 Å². The summed E-state index contributed by atoms with van der Waals surface area (Å²) in [4.78, 5) is 13.9. The highest BCUT2D eigenvalue weighted by molar-refractivity contribution is 5.79. The quantitative estimate of drug-likeness (QED) is 0.889. The summed E-state index contributed by atoms with van der Waals surface area (Å²) in [5.41, 5.74) is 1.37. The molecule has 2 aromatic carbocycles. The third-order valence-electron chi connectivity index (χ3n) is 4.21. The number of carbonyl (C=O) groups excluding carboxylic acids is 1. The fraction of sp³-hybridized carbons (Fsp3) is 0.300. The van der Waals surface area contributed by atoms with Gasteiger partial charge in [-0.25, -0.2) is 0 Å². The van der Waals surface area contributed by atoms with Gasteiger partial charge in [0.25, 0.3) is 0 Å². The van der Waals surface area contributed by atoms with Gasteiger partial charge in [-0.2, -0.15) is 5.26 Å². The second-order valence-electron chi connectivity index (χ2n) is 6.26. The predicted octanol–water partition coefficient (Wildman–Crippen LogP) is 3.13. The Morgan fingerprint density at radius 2 is 1.54 bits per heavy atom. The van der Waals surface area contributed by atoms with Crippen LogP contribution in [0, 0.1) is 11.3 Å². The summed E-state index contributed by atoms with van der Waals surface area (Å²) in [6.45, 7) is 3.63. The molecule has 1 amide bonds. The van der Waals surface area contributed by atoms with E-state index in [1.54, 1.807) is 20.9 Å². The average molecular weight is 321 g/mol. The zero-order valence-electron chi connectivity index (χ0n) is 14.4. The predicted molar refractivity (Wildman–Crippen MR) is 95.2 cm³/mol. The smallest absolute Gasteiger partial charge is 0.237 e. The average Bonchev–Trinajstić information content (AvgIpc) is 2.62. The molecular weight excluding hydrogens is 298 g/mol. The molecule has 0 saturated carbocycles. The van der Waals surface area contributed by atoms with E-state index in [1.807, 2.05) is 60.7 Å². The van der Waals surface area contributed by atoms with Gasteiger partial charge in [0.1, 0.15) is 5.54 Å². The normalized spacial score (nSPS) is 11.1. The van der Waals surface area contributed by atoms with Gasteiger partial charge in [-0.1, -0.05) is 60.7 Å². The van der Waals surface area contributed by atoms with Gasteiger partial charge >= 0.3 is 0 Å². The van der Waals surface area contributed by atoms with Crippen molar-refractivity contribution < 1.29 is 4.79 Å². The second kappa shape index (κ2) is 7.76.